The van der Waals surface area contributed by atoms with Crippen LogP contribution in [-0.4, -0.2) is 28.2 Å². The van der Waals surface area contributed by atoms with Crippen LogP contribution in [0.5, 0.6) is 5.75 Å². The molecule has 9 nitrogen and oxygen atoms in total. The molecule has 0 saturated carbocycles. The third-order valence-corrected chi connectivity index (χ3v) is 5.47. The topological polar surface area (TPSA) is 110 Å². The van der Waals surface area contributed by atoms with Gasteiger partial charge < -0.3 is 19.8 Å². The standard InChI is InChI=1S/C25H22FN5O4/c26-17-9-4-5-10-20(17)35-15-24(33)28-22-13-19(21-11-6-12-34-21)30-31(22)25-27-18(14-23(32)29-25)16-7-2-1-3-8-16/h1-13,18,25,27H,14-15H2,(H,28,33)(H,29,32). The Morgan fingerprint density at radius 3 is 2.71 bits per heavy atom. The molecular weight excluding hydrogens is 453 g/mol. The van der Waals surface area contributed by atoms with Gasteiger partial charge in [-0.2, -0.15) is 5.10 Å². The van der Waals surface area contributed by atoms with Crippen LogP contribution >= 0.6 is 0 Å². The van der Waals surface area contributed by atoms with E-state index in [1.807, 2.05) is 30.3 Å². The van der Waals surface area contributed by atoms with Crippen LogP contribution in [0.15, 0.2) is 83.5 Å². The Balaban J connectivity index is 1.39. The van der Waals surface area contributed by atoms with Gasteiger partial charge in [-0.25, -0.2) is 9.07 Å². The summed E-state index contributed by atoms with van der Waals surface area (Å²) in [4.78, 5) is 25.2. The van der Waals surface area contributed by atoms with E-state index in [0.717, 1.165) is 5.56 Å². The average Bonchev–Trinajstić information content (AvgIpc) is 3.54. The van der Waals surface area contributed by atoms with E-state index in [4.69, 9.17) is 9.15 Å². The van der Waals surface area contributed by atoms with E-state index < -0.39 is 24.6 Å². The van der Waals surface area contributed by atoms with E-state index in [1.54, 1.807) is 24.3 Å². The number of halogens is 1. The van der Waals surface area contributed by atoms with Crippen molar-refractivity contribution in [3.05, 3.63) is 90.4 Å². The van der Waals surface area contributed by atoms with Crippen molar-refractivity contribution in [2.45, 2.75) is 18.8 Å². The summed E-state index contributed by atoms with van der Waals surface area (Å²) < 4.78 is 26.0. The highest BCUT2D eigenvalue weighted by Gasteiger charge is 2.30. The Morgan fingerprint density at radius 1 is 1.14 bits per heavy atom. The molecule has 0 radical (unpaired) electrons. The minimum absolute atomic E-state index is 0.0284. The number of hydrogen-bond acceptors (Lipinski definition) is 6. The maximum absolute atomic E-state index is 13.8. The molecule has 5 rings (SSSR count). The molecule has 0 spiro atoms. The van der Waals surface area contributed by atoms with Crippen molar-refractivity contribution in [2.75, 3.05) is 11.9 Å². The van der Waals surface area contributed by atoms with Gasteiger partial charge in [0.1, 0.15) is 11.5 Å². The Morgan fingerprint density at radius 2 is 1.94 bits per heavy atom. The molecule has 1 aliphatic rings. The first-order valence-corrected chi connectivity index (χ1v) is 11.0. The summed E-state index contributed by atoms with van der Waals surface area (Å²) in [6.45, 7) is -0.417. The van der Waals surface area contributed by atoms with E-state index >= 15 is 0 Å². The van der Waals surface area contributed by atoms with E-state index in [1.165, 1.54) is 29.1 Å². The molecule has 10 heteroatoms. The number of furan rings is 1. The van der Waals surface area contributed by atoms with Crippen LogP contribution in [0.1, 0.15) is 24.3 Å². The van der Waals surface area contributed by atoms with Crippen molar-refractivity contribution in [1.82, 2.24) is 20.4 Å². The molecule has 1 fully saturated rings. The molecule has 2 aromatic carbocycles. The number of benzene rings is 2. The molecule has 2 amide bonds. The number of rotatable bonds is 7. The number of hydrogen-bond donors (Lipinski definition) is 3. The largest absolute Gasteiger partial charge is 0.481 e. The Bertz CT molecular complexity index is 1320. The van der Waals surface area contributed by atoms with E-state index in [2.05, 4.69) is 21.0 Å². The molecule has 2 atom stereocenters. The van der Waals surface area contributed by atoms with Crippen LogP contribution < -0.4 is 20.7 Å². The third kappa shape index (κ3) is 5.07. The lowest BCUT2D eigenvalue weighted by molar-refractivity contribution is -0.125. The fourth-order valence-corrected chi connectivity index (χ4v) is 3.83. The minimum atomic E-state index is -0.743. The Hall–Kier alpha value is -4.44. The van der Waals surface area contributed by atoms with Crippen molar-refractivity contribution in [3.63, 3.8) is 0 Å². The quantitative estimate of drug-likeness (QED) is 0.377. The molecule has 4 aromatic rings. The maximum Gasteiger partial charge on any atom is 0.263 e. The molecule has 0 aliphatic carbocycles. The zero-order valence-corrected chi connectivity index (χ0v) is 18.5. The second kappa shape index (κ2) is 9.82. The summed E-state index contributed by atoms with van der Waals surface area (Å²) in [7, 11) is 0. The van der Waals surface area contributed by atoms with Gasteiger partial charge in [-0.15, -0.1) is 0 Å². The van der Waals surface area contributed by atoms with Crippen LogP contribution in [0, 0.1) is 5.82 Å². The normalized spacial score (nSPS) is 17.6. The van der Waals surface area contributed by atoms with Crippen molar-refractivity contribution in [1.29, 1.82) is 0 Å². The van der Waals surface area contributed by atoms with Crippen LogP contribution in [0.4, 0.5) is 10.2 Å². The van der Waals surface area contributed by atoms with Gasteiger partial charge in [0.05, 0.1) is 6.26 Å². The van der Waals surface area contributed by atoms with Gasteiger partial charge in [-0.3, -0.25) is 14.9 Å². The monoisotopic (exact) mass is 475 g/mol. The highest BCUT2D eigenvalue weighted by molar-refractivity contribution is 5.91. The maximum atomic E-state index is 13.8. The number of amides is 2. The van der Waals surface area contributed by atoms with Gasteiger partial charge in [0, 0.05) is 18.5 Å². The minimum Gasteiger partial charge on any atom is -0.481 e. The summed E-state index contributed by atoms with van der Waals surface area (Å²) in [5.41, 5.74) is 1.41. The first-order chi connectivity index (χ1) is 17.1. The number of carbonyl (C=O) groups is 2. The first kappa shape index (κ1) is 22.4. The molecule has 2 unspecified atom stereocenters. The van der Waals surface area contributed by atoms with Gasteiger partial charge in [-0.05, 0) is 29.8 Å². The van der Waals surface area contributed by atoms with Gasteiger partial charge >= 0.3 is 0 Å². The first-order valence-electron chi connectivity index (χ1n) is 11.0. The third-order valence-electron chi connectivity index (χ3n) is 5.47. The van der Waals surface area contributed by atoms with Crippen molar-refractivity contribution >= 4 is 17.6 Å². The van der Waals surface area contributed by atoms with Crippen molar-refractivity contribution in [2.24, 2.45) is 0 Å². The zero-order valence-electron chi connectivity index (χ0n) is 18.5. The predicted octanol–water partition coefficient (Wildman–Crippen LogP) is 3.61. The highest BCUT2D eigenvalue weighted by atomic mass is 19.1. The summed E-state index contributed by atoms with van der Waals surface area (Å²) in [6, 6.07) is 20.3. The SMILES string of the molecule is O=C(COc1ccccc1F)Nc1cc(-c2ccco2)nn1C1NC(=O)CC(c2ccccc2)N1. The predicted molar refractivity (Wildman–Crippen MR) is 125 cm³/mol. The molecular formula is C25H22FN5O4. The second-order valence-corrected chi connectivity index (χ2v) is 7.91. The van der Waals surface area contributed by atoms with Crippen molar-refractivity contribution < 1.29 is 23.1 Å². The van der Waals surface area contributed by atoms with E-state index in [0.29, 0.717) is 17.3 Å². The zero-order chi connectivity index (χ0) is 24.2. The second-order valence-electron chi connectivity index (χ2n) is 7.91. The molecule has 2 aromatic heterocycles. The van der Waals surface area contributed by atoms with Gasteiger partial charge in [0.2, 0.25) is 5.91 Å². The summed E-state index contributed by atoms with van der Waals surface area (Å²) in [5.74, 6) is -0.500. The number of carbonyl (C=O) groups excluding carboxylic acids is 2. The Labute approximate surface area is 199 Å². The molecule has 0 bridgehead atoms. The molecule has 3 N–H and O–H groups in total. The number of nitrogens with one attached hydrogen (secondary N) is 3. The van der Waals surface area contributed by atoms with Crippen LogP contribution in [0.3, 0.4) is 0 Å². The van der Waals surface area contributed by atoms with Gasteiger partial charge in [0.15, 0.2) is 30.2 Å². The number of nitrogens with zero attached hydrogens (tertiary/aromatic N) is 2. The molecule has 3 heterocycles. The summed E-state index contributed by atoms with van der Waals surface area (Å²) >= 11 is 0. The highest BCUT2D eigenvalue weighted by Crippen LogP contribution is 2.28. The summed E-state index contributed by atoms with van der Waals surface area (Å²) in [6.07, 6.45) is 1.03. The molecule has 35 heavy (non-hydrogen) atoms. The van der Waals surface area contributed by atoms with Gasteiger partial charge in [-0.1, -0.05) is 42.5 Å². The lowest BCUT2D eigenvalue weighted by atomic mass is 10.0. The van der Waals surface area contributed by atoms with Crippen LogP contribution in [-0.2, 0) is 9.59 Å². The van der Waals surface area contributed by atoms with Crippen LogP contribution in [0.25, 0.3) is 11.5 Å². The summed E-state index contributed by atoms with van der Waals surface area (Å²) in [5, 5.41) is 13.5. The van der Waals surface area contributed by atoms with Crippen molar-refractivity contribution in [3.8, 4) is 17.2 Å². The average molecular weight is 475 g/mol. The fraction of sp³-hybridized carbons (Fsp3) is 0.160. The molecule has 1 saturated heterocycles. The smallest absolute Gasteiger partial charge is 0.263 e. The van der Waals surface area contributed by atoms with E-state index in [9.17, 15) is 14.0 Å². The Kier molecular flexibility index (Phi) is 6.27. The fourth-order valence-electron chi connectivity index (χ4n) is 3.83. The lowest BCUT2D eigenvalue weighted by Crippen LogP contribution is -2.50. The number of aromatic nitrogens is 2. The number of para-hydroxylation sites is 1. The molecule has 178 valence electrons. The number of ether oxygens (including phenoxy) is 1. The lowest BCUT2D eigenvalue weighted by Gasteiger charge is -2.32. The van der Waals surface area contributed by atoms with Gasteiger partial charge in [0.25, 0.3) is 5.91 Å². The molecule has 1 aliphatic heterocycles. The van der Waals surface area contributed by atoms with E-state index in [-0.39, 0.29) is 24.1 Å². The van der Waals surface area contributed by atoms with Crippen LogP contribution in [0.2, 0.25) is 0 Å². The number of anilines is 1.